The molecule has 18 heavy (non-hydrogen) atoms. The van der Waals surface area contributed by atoms with Crippen LogP contribution in [0.5, 0.6) is 0 Å². The van der Waals surface area contributed by atoms with E-state index in [0.29, 0.717) is 6.04 Å². The predicted octanol–water partition coefficient (Wildman–Crippen LogP) is 0.911. The van der Waals surface area contributed by atoms with Gasteiger partial charge in [-0.1, -0.05) is 13.3 Å². The van der Waals surface area contributed by atoms with Gasteiger partial charge in [-0.25, -0.2) is 4.98 Å². The highest BCUT2D eigenvalue weighted by atomic mass is 16.1. The van der Waals surface area contributed by atoms with Crippen LogP contribution in [0.3, 0.4) is 0 Å². The van der Waals surface area contributed by atoms with Gasteiger partial charge >= 0.3 is 0 Å². The molecule has 0 radical (unpaired) electrons. The van der Waals surface area contributed by atoms with Gasteiger partial charge < -0.3 is 15.2 Å². The molecular weight excluding hydrogens is 228 g/mol. The Morgan fingerprint density at radius 2 is 2.33 bits per heavy atom. The molecule has 5 heteroatoms. The molecule has 0 amide bonds. The van der Waals surface area contributed by atoms with E-state index in [2.05, 4.69) is 20.2 Å². The van der Waals surface area contributed by atoms with Gasteiger partial charge in [0.1, 0.15) is 11.6 Å². The first kappa shape index (κ1) is 13.1. The Hall–Kier alpha value is -1.36. The molecule has 2 heterocycles. The molecule has 0 aromatic carbocycles. The third-order valence-electron chi connectivity index (χ3n) is 3.41. The first-order valence-corrected chi connectivity index (χ1v) is 6.74. The van der Waals surface area contributed by atoms with Gasteiger partial charge in [0.15, 0.2) is 0 Å². The number of rotatable bonds is 4. The van der Waals surface area contributed by atoms with Crippen LogP contribution in [0, 0.1) is 0 Å². The van der Waals surface area contributed by atoms with Crippen LogP contribution in [0.4, 0.5) is 5.82 Å². The van der Waals surface area contributed by atoms with Crippen molar-refractivity contribution in [3.05, 3.63) is 22.2 Å². The van der Waals surface area contributed by atoms with Gasteiger partial charge in [0.2, 0.25) is 0 Å². The number of nitrogens with one attached hydrogen (secondary N) is 2. The van der Waals surface area contributed by atoms with Crippen molar-refractivity contribution in [2.75, 3.05) is 25.0 Å². The topological polar surface area (TPSA) is 61.0 Å². The van der Waals surface area contributed by atoms with Crippen molar-refractivity contribution in [1.82, 2.24) is 15.3 Å². The number of aromatic nitrogens is 2. The van der Waals surface area contributed by atoms with Gasteiger partial charge in [0.05, 0.1) is 0 Å². The molecule has 1 unspecified atom stereocenters. The van der Waals surface area contributed by atoms with Gasteiger partial charge in [0.25, 0.3) is 5.56 Å². The molecule has 5 nitrogen and oxygen atoms in total. The fraction of sp³-hybridized carbons (Fsp3) is 0.692. The average Bonchev–Trinajstić information content (AvgIpc) is 2.39. The van der Waals surface area contributed by atoms with E-state index < -0.39 is 0 Å². The lowest BCUT2D eigenvalue weighted by Crippen LogP contribution is -2.43. The maximum absolute atomic E-state index is 11.5. The quantitative estimate of drug-likeness (QED) is 0.834. The summed E-state index contributed by atoms with van der Waals surface area (Å²) in [6.45, 7) is 3.99. The van der Waals surface area contributed by atoms with Crippen molar-refractivity contribution >= 4 is 5.82 Å². The summed E-state index contributed by atoms with van der Waals surface area (Å²) in [6.07, 6.45) is 4.50. The third-order valence-corrected chi connectivity index (χ3v) is 3.41. The number of aromatic amines is 1. The predicted molar refractivity (Wildman–Crippen MR) is 73.1 cm³/mol. The standard InChI is InChI=1S/C13H22N4O/c1-3-11-15-12(8-13(18)16-11)17(2)9-10-6-4-5-7-14-10/h8,10,14H,3-7,9H2,1-2H3,(H,15,16,18). The van der Waals surface area contributed by atoms with E-state index in [0.717, 1.165) is 31.2 Å². The van der Waals surface area contributed by atoms with Gasteiger partial charge in [0, 0.05) is 32.1 Å². The summed E-state index contributed by atoms with van der Waals surface area (Å²) in [5, 5.41) is 3.51. The molecule has 1 aromatic rings. The second-order valence-electron chi connectivity index (χ2n) is 4.93. The largest absolute Gasteiger partial charge is 0.358 e. The maximum Gasteiger partial charge on any atom is 0.252 e. The Bertz CT molecular complexity index is 437. The number of H-pyrrole nitrogens is 1. The molecular formula is C13H22N4O. The van der Waals surface area contributed by atoms with E-state index in [-0.39, 0.29) is 5.56 Å². The van der Waals surface area contributed by atoms with E-state index in [9.17, 15) is 4.79 Å². The first-order valence-electron chi connectivity index (χ1n) is 6.74. The van der Waals surface area contributed by atoms with Crippen LogP contribution in [0.15, 0.2) is 10.9 Å². The molecule has 0 saturated carbocycles. The summed E-state index contributed by atoms with van der Waals surface area (Å²) in [4.78, 5) is 20.8. The summed E-state index contributed by atoms with van der Waals surface area (Å²) < 4.78 is 0. The zero-order valence-electron chi connectivity index (χ0n) is 11.2. The molecule has 0 bridgehead atoms. The fourth-order valence-corrected chi connectivity index (χ4v) is 2.36. The number of aryl methyl sites for hydroxylation is 1. The second-order valence-corrected chi connectivity index (χ2v) is 4.93. The summed E-state index contributed by atoms with van der Waals surface area (Å²) in [5.41, 5.74) is -0.0692. The van der Waals surface area contributed by atoms with Crippen LogP contribution in [0.2, 0.25) is 0 Å². The Morgan fingerprint density at radius 1 is 1.50 bits per heavy atom. The molecule has 1 aliphatic rings. The van der Waals surface area contributed by atoms with Gasteiger partial charge in [-0.05, 0) is 19.4 Å². The molecule has 1 saturated heterocycles. The second kappa shape index (κ2) is 6.00. The Balaban J connectivity index is 2.05. The number of piperidine rings is 1. The Morgan fingerprint density at radius 3 is 3.00 bits per heavy atom. The van der Waals surface area contributed by atoms with Crippen molar-refractivity contribution in [2.24, 2.45) is 0 Å². The fourth-order valence-electron chi connectivity index (χ4n) is 2.36. The maximum atomic E-state index is 11.5. The lowest BCUT2D eigenvalue weighted by Gasteiger charge is -2.28. The summed E-state index contributed by atoms with van der Waals surface area (Å²) >= 11 is 0. The normalized spacial score (nSPS) is 19.8. The van der Waals surface area contributed by atoms with Crippen LogP contribution >= 0.6 is 0 Å². The van der Waals surface area contributed by atoms with Crippen molar-refractivity contribution in [1.29, 1.82) is 0 Å². The molecule has 100 valence electrons. The van der Waals surface area contributed by atoms with E-state index in [1.165, 1.54) is 19.3 Å². The van der Waals surface area contributed by atoms with Crippen molar-refractivity contribution in [2.45, 2.75) is 38.6 Å². The zero-order chi connectivity index (χ0) is 13.0. The molecule has 1 fully saturated rings. The van der Waals surface area contributed by atoms with E-state index in [1.54, 1.807) is 6.07 Å². The smallest absolute Gasteiger partial charge is 0.252 e. The van der Waals surface area contributed by atoms with Crippen molar-refractivity contribution in [3.8, 4) is 0 Å². The van der Waals surface area contributed by atoms with E-state index in [4.69, 9.17) is 0 Å². The summed E-state index contributed by atoms with van der Waals surface area (Å²) in [6, 6.07) is 2.08. The Labute approximate surface area is 108 Å². The van der Waals surface area contributed by atoms with Crippen LogP contribution in [0.1, 0.15) is 32.0 Å². The highest BCUT2D eigenvalue weighted by Gasteiger charge is 2.15. The number of nitrogens with zero attached hydrogens (tertiary/aromatic N) is 2. The highest BCUT2D eigenvalue weighted by molar-refractivity contribution is 5.36. The molecule has 2 N–H and O–H groups in total. The third kappa shape index (κ3) is 3.32. The number of anilines is 1. The minimum atomic E-state index is -0.0692. The lowest BCUT2D eigenvalue weighted by atomic mass is 10.0. The molecule has 2 rings (SSSR count). The first-order chi connectivity index (χ1) is 8.69. The number of hydrogen-bond acceptors (Lipinski definition) is 4. The van der Waals surface area contributed by atoms with Crippen molar-refractivity contribution < 1.29 is 0 Å². The van der Waals surface area contributed by atoms with Gasteiger partial charge in [-0.3, -0.25) is 4.79 Å². The lowest BCUT2D eigenvalue weighted by molar-refractivity contribution is 0.403. The van der Waals surface area contributed by atoms with E-state index in [1.807, 2.05) is 14.0 Å². The number of hydrogen-bond donors (Lipinski definition) is 2. The summed E-state index contributed by atoms with van der Waals surface area (Å²) in [7, 11) is 2.00. The van der Waals surface area contributed by atoms with Crippen molar-refractivity contribution in [3.63, 3.8) is 0 Å². The molecule has 0 aliphatic carbocycles. The monoisotopic (exact) mass is 250 g/mol. The Kier molecular flexibility index (Phi) is 4.36. The van der Waals surface area contributed by atoms with Crippen LogP contribution in [-0.2, 0) is 6.42 Å². The highest BCUT2D eigenvalue weighted by Crippen LogP contribution is 2.11. The molecule has 1 atom stereocenters. The average molecular weight is 250 g/mol. The minimum Gasteiger partial charge on any atom is -0.358 e. The summed E-state index contributed by atoms with van der Waals surface area (Å²) in [5.74, 6) is 1.52. The SMILES string of the molecule is CCc1nc(N(C)CC2CCCCN2)cc(=O)[nH]1. The molecule has 0 spiro atoms. The minimum absolute atomic E-state index is 0.0692. The zero-order valence-corrected chi connectivity index (χ0v) is 11.2. The molecule has 1 aliphatic heterocycles. The van der Waals surface area contributed by atoms with Gasteiger partial charge in [-0.2, -0.15) is 0 Å². The molecule has 1 aromatic heterocycles. The van der Waals surface area contributed by atoms with Crippen LogP contribution in [0.25, 0.3) is 0 Å². The number of likely N-dealkylation sites (N-methyl/N-ethyl adjacent to an activating group) is 1. The van der Waals surface area contributed by atoms with Gasteiger partial charge in [-0.15, -0.1) is 0 Å². The van der Waals surface area contributed by atoms with E-state index >= 15 is 0 Å². The van der Waals surface area contributed by atoms with Crippen LogP contribution in [-0.4, -0.2) is 36.1 Å². The van der Waals surface area contributed by atoms with Crippen LogP contribution < -0.4 is 15.8 Å².